The number of hydrogen-bond donors (Lipinski definition) is 0. The van der Waals surface area contributed by atoms with E-state index in [0.29, 0.717) is 45.9 Å². The van der Waals surface area contributed by atoms with Crippen molar-refractivity contribution in [2.24, 2.45) is 0 Å². The Bertz CT molecular complexity index is 1370. The normalized spacial score (nSPS) is 16.8. The van der Waals surface area contributed by atoms with E-state index >= 15 is 0 Å². The lowest BCUT2D eigenvalue weighted by Crippen LogP contribution is -2.51. The molecule has 2 heterocycles. The summed E-state index contributed by atoms with van der Waals surface area (Å²) in [6, 6.07) is 20.7. The maximum absolute atomic E-state index is 14.1. The van der Waals surface area contributed by atoms with Crippen LogP contribution in [0.1, 0.15) is 50.4 Å². The van der Waals surface area contributed by atoms with Crippen LogP contribution in [0.15, 0.2) is 60.7 Å². The molecule has 0 saturated carbocycles. The van der Waals surface area contributed by atoms with Crippen molar-refractivity contribution in [2.75, 3.05) is 70.6 Å². The second-order valence-electron chi connectivity index (χ2n) is 11.2. The SMILES string of the molecule is CCOc1ccc(CC2c3cc(OCC)c(OCC)cc3CCN2C(=O)CN2CCN(c3ccccc3)CC2)cc1OCC. The molecule has 0 bridgehead atoms. The van der Waals surface area contributed by atoms with Gasteiger partial charge in [-0.25, -0.2) is 0 Å². The van der Waals surface area contributed by atoms with Crippen molar-refractivity contribution < 1.29 is 23.7 Å². The maximum Gasteiger partial charge on any atom is 0.237 e. The predicted molar refractivity (Wildman–Crippen MR) is 175 cm³/mol. The highest BCUT2D eigenvalue weighted by Crippen LogP contribution is 2.41. The summed E-state index contributed by atoms with van der Waals surface area (Å²) in [4.78, 5) is 20.9. The Hall–Kier alpha value is -3.91. The zero-order valence-electron chi connectivity index (χ0n) is 26.7. The van der Waals surface area contributed by atoms with E-state index in [1.54, 1.807) is 0 Å². The average Bonchev–Trinajstić information content (AvgIpc) is 3.04. The van der Waals surface area contributed by atoms with Crippen molar-refractivity contribution in [2.45, 2.75) is 46.6 Å². The number of fused-ring (bicyclic) bond motifs is 1. The molecule has 1 saturated heterocycles. The van der Waals surface area contributed by atoms with Crippen LogP contribution in [0.2, 0.25) is 0 Å². The number of rotatable bonds is 13. The Balaban J connectivity index is 1.40. The Morgan fingerprint density at radius 1 is 0.705 bits per heavy atom. The third kappa shape index (κ3) is 7.41. The molecule has 3 aromatic rings. The maximum atomic E-state index is 14.1. The van der Waals surface area contributed by atoms with E-state index in [-0.39, 0.29) is 11.9 Å². The standard InChI is InChI=1S/C36H47N3O5/c1-5-41-32-15-14-27(23-33(32)42-6-2)22-31-30-25-35(44-8-4)34(43-7-3)24-28(30)16-17-39(31)36(40)26-37-18-20-38(21-19-37)29-12-10-9-11-13-29/h9-15,23-25,31H,5-8,16-22,26H2,1-4H3. The highest BCUT2D eigenvalue weighted by molar-refractivity contribution is 5.79. The van der Waals surface area contributed by atoms with Gasteiger partial charge in [-0.05, 0) is 93.6 Å². The van der Waals surface area contributed by atoms with E-state index in [9.17, 15) is 4.79 Å². The van der Waals surface area contributed by atoms with Gasteiger partial charge in [-0.2, -0.15) is 0 Å². The summed E-state index contributed by atoms with van der Waals surface area (Å²) in [5.74, 6) is 3.13. The molecule has 0 N–H and O–H groups in total. The molecule has 2 aliphatic heterocycles. The fourth-order valence-corrected chi connectivity index (χ4v) is 6.30. The molecule has 3 aromatic carbocycles. The molecular formula is C36H47N3O5. The van der Waals surface area contributed by atoms with Gasteiger partial charge < -0.3 is 28.7 Å². The van der Waals surface area contributed by atoms with Crippen LogP contribution in [-0.4, -0.2) is 81.4 Å². The van der Waals surface area contributed by atoms with Gasteiger partial charge in [0.2, 0.25) is 5.91 Å². The first-order valence-electron chi connectivity index (χ1n) is 16.2. The molecule has 5 rings (SSSR count). The molecule has 1 amide bonds. The third-order valence-electron chi connectivity index (χ3n) is 8.37. The summed E-state index contributed by atoms with van der Waals surface area (Å²) in [6.07, 6.45) is 1.44. The number of hydrogen-bond acceptors (Lipinski definition) is 7. The number of carbonyl (C=O) groups excluding carboxylic acids is 1. The molecule has 0 radical (unpaired) electrons. The fraction of sp³-hybridized carbons (Fsp3) is 0.472. The van der Waals surface area contributed by atoms with E-state index in [1.165, 1.54) is 11.3 Å². The average molecular weight is 602 g/mol. The summed E-state index contributed by atoms with van der Waals surface area (Å²) in [5.41, 5.74) is 4.66. The number of carbonyl (C=O) groups is 1. The minimum atomic E-state index is -0.140. The van der Waals surface area contributed by atoms with Crippen LogP contribution < -0.4 is 23.8 Å². The number of benzene rings is 3. The number of nitrogens with zero attached hydrogens (tertiary/aromatic N) is 3. The van der Waals surface area contributed by atoms with Gasteiger partial charge in [0.05, 0.1) is 39.0 Å². The quantitative estimate of drug-likeness (QED) is 0.246. The van der Waals surface area contributed by atoms with Crippen LogP contribution in [0.25, 0.3) is 0 Å². The van der Waals surface area contributed by atoms with Gasteiger partial charge in [-0.1, -0.05) is 24.3 Å². The minimum absolute atomic E-state index is 0.140. The van der Waals surface area contributed by atoms with Gasteiger partial charge in [0.15, 0.2) is 23.0 Å². The van der Waals surface area contributed by atoms with Crippen molar-refractivity contribution in [3.05, 3.63) is 77.4 Å². The molecule has 0 aromatic heterocycles. The Morgan fingerprint density at radius 3 is 1.98 bits per heavy atom. The summed E-state index contributed by atoms with van der Waals surface area (Å²) in [5, 5.41) is 0. The van der Waals surface area contributed by atoms with E-state index < -0.39 is 0 Å². The summed E-state index contributed by atoms with van der Waals surface area (Å²) < 4.78 is 23.8. The van der Waals surface area contributed by atoms with Gasteiger partial charge in [-0.3, -0.25) is 9.69 Å². The van der Waals surface area contributed by atoms with Crippen LogP contribution in [0.4, 0.5) is 5.69 Å². The molecular weight excluding hydrogens is 554 g/mol. The minimum Gasteiger partial charge on any atom is -0.490 e. The lowest BCUT2D eigenvalue weighted by Gasteiger charge is -2.40. The number of piperazine rings is 1. The van der Waals surface area contributed by atoms with Crippen molar-refractivity contribution in [1.29, 1.82) is 0 Å². The van der Waals surface area contributed by atoms with Crippen LogP contribution >= 0.6 is 0 Å². The number of amides is 1. The molecule has 8 heteroatoms. The third-order valence-corrected chi connectivity index (χ3v) is 8.37. The summed E-state index contributed by atoms with van der Waals surface area (Å²) in [6.45, 7) is 14.8. The number of anilines is 1. The second kappa shape index (κ2) is 15.2. The van der Waals surface area contributed by atoms with E-state index in [0.717, 1.165) is 66.7 Å². The Labute approximate surface area is 262 Å². The zero-order valence-corrected chi connectivity index (χ0v) is 26.7. The highest BCUT2D eigenvalue weighted by atomic mass is 16.5. The van der Waals surface area contributed by atoms with E-state index in [2.05, 4.69) is 63.2 Å². The molecule has 1 unspecified atom stereocenters. The molecule has 1 fully saturated rings. The van der Waals surface area contributed by atoms with Gasteiger partial charge in [-0.15, -0.1) is 0 Å². The highest BCUT2D eigenvalue weighted by Gasteiger charge is 2.34. The van der Waals surface area contributed by atoms with E-state index in [1.807, 2.05) is 39.8 Å². The van der Waals surface area contributed by atoms with Gasteiger partial charge >= 0.3 is 0 Å². The fourth-order valence-electron chi connectivity index (χ4n) is 6.30. The molecule has 236 valence electrons. The first-order chi connectivity index (χ1) is 21.5. The predicted octanol–water partition coefficient (Wildman–Crippen LogP) is 5.77. The summed E-state index contributed by atoms with van der Waals surface area (Å²) in [7, 11) is 0. The van der Waals surface area contributed by atoms with Crippen LogP contribution in [0, 0.1) is 0 Å². The first kappa shape index (κ1) is 31.5. The molecule has 0 aliphatic carbocycles. The van der Waals surface area contributed by atoms with Crippen LogP contribution in [0.5, 0.6) is 23.0 Å². The van der Waals surface area contributed by atoms with Gasteiger partial charge in [0, 0.05) is 38.4 Å². The lowest BCUT2D eigenvalue weighted by atomic mass is 9.88. The Kier molecular flexibility index (Phi) is 10.9. The smallest absolute Gasteiger partial charge is 0.237 e. The van der Waals surface area contributed by atoms with E-state index in [4.69, 9.17) is 18.9 Å². The van der Waals surface area contributed by atoms with Gasteiger partial charge in [0.25, 0.3) is 0 Å². The number of ether oxygens (including phenoxy) is 4. The van der Waals surface area contributed by atoms with Crippen LogP contribution in [0.3, 0.4) is 0 Å². The topological polar surface area (TPSA) is 63.7 Å². The number of para-hydroxylation sites is 1. The second-order valence-corrected chi connectivity index (χ2v) is 11.2. The van der Waals surface area contributed by atoms with Crippen molar-refractivity contribution in [1.82, 2.24) is 9.80 Å². The van der Waals surface area contributed by atoms with Crippen LogP contribution in [-0.2, 0) is 17.6 Å². The van der Waals surface area contributed by atoms with Crippen molar-refractivity contribution in [3.8, 4) is 23.0 Å². The molecule has 1 atom stereocenters. The molecule has 2 aliphatic rings. The first-order valence-corrected chi connectivity index (χ1v) is 16.2. The largest absolute Gasteiger partial charge is 0.490 e. The monoisotopic (exact) mass is 601 g/mol. The molecule has 44 heavy (non-hydrogen) atoms. The Morgan fingerprint density at radius 2 is 1.32 bits per heavy atom. The van der Waals surface area contributed by atoms with Gasteiger partial charge in [0.1, 0.15) is 0 Å². The van der Waals surface area contributed by atoms with Crippen molar-refractivity contribution >= 4 is 11.6 Å². The summed E-state index contributed by atoms with van der Waals surface area (Å²) >= 11 is 0. The van der Waals surface area contributed by atoms with Crippen molar-refractivity contribution in [3.63, 3.8) is 0 Å². The molecule has 0 spiro atoms. The zero-order chi connectivity index (χ0) is 30.9. The lowest BCUT2D eigenvalue weighted by molar-refractivity contribution is -0.135. The molecule has 8 nitrogen and oxygen atoms in total.